The highest BCUT2D eigenvalue weighted by molar-refractivity contribution is 5.75. The van der Waals surface area contributed by atoms with E-state index in [1.54, 1.807) is 21.1 Å². The van der Waals surface area contributed by atoms with E-state index in [1.165, 1.54) is 14.2 Å². The molecule has 0 spiro atoms. The van der Waals surface area contributed by atoms with Crippen LogP contribution in [-0.2, 0) is 12.8 Å². The van der Waals surface area contributed by atoms with E-state index in [0.29, 0.717) is 42.0 Å². The van der Waals surface area contributed by atoms with Gasteiger partial charge in [0.05, 0.1) is 28.4 Å². The van der Waals surface area contributed by atoms with Crippen LogP contribution in [0.2, 0.25) is 0 Å². The lowest BCUT2D eigenvalue weighted by atomic mass is 10.0. The normalized spacial score (nSPS) is 10.3. The summed E-state index contributed by atoms with van der Waals surface area (Å²) >= 11 is 0. The number of carbonyl (C=O) groups excluding carboxylic acids is 1. The number of phenols is 1. The first-order chi connectivity index (χ1) is 15.8. The monoisotopic (exact) mass is 459 g/mol. The third kappa shape index (κ3) is 6.25. The SMILES string of the molecule is COc1ccc(CCNC(=O)Oc2c(C)c(CC=C(C)C)c(O)c(OC)c2OC)cc1OC. The average molecular weight is 460 g/mol. The molecule has 0 aromatic heterocycles. The number of carbonyl (C=O) groups is 1. The maximum Gasteiger partial charge on any atom is 0.412 e. The smallest absolute Gasteiger partial charge is 0.412 e. The molecule has 1 amide bonds. The number of nitrogens with one attached hydrogen (secondary N) is 1. The number of ether oxygens (including phenoxy) is 5. The van der Waals surface area contributed by atoms with Gasteiger partial charge in [-0.25, -0.2) is 4.79 Å². The van der Waals surface area contributed by atoms with Gasteiger partial charge in [-0.15, -0.1) is 0 Å². The van der Waals surface area contributed by atoms with Crippen molar-refractivity contribution in [3.8, 4) is 34.5 Å². The first-order valence-corrected chi connectivity index (χ1v) is 10.5. The van der Waals surface area contributed by atoms with Crippen molar-refractivity contribution in [3.05, 3.63) is 46.5 Å². The summed E-state index contributed by atoms with van der Waals surface area (Å²) in [5.41, 5.74) is 3.26. The number of allylic oxidation sites excluding steroid dienone is 2. The molecule has 0 aliphatic heterocycles. The van der Waals surface area contributed by atoms with Crippen LogP contribution in [0.25, 0.3) is 0 Å². The first-order valence-electron chi connectivity index (χ1n) is 10.5. The molecule has 2 rings (SSSR count). The van der Waals surface area contributed by atoms with Crippen molar-refractivity contribution in [3.63, 3.8) is 0 Å². The molecular formula is C25H33NO7. The zero-order chi connectivity index (χ0) is 24.5. The quantitative estimate of drug-likeness (QED) is 0.502. The Bertz CT molecular complexity index is 1010. The van der Waals surface area contributed by atoms with Crippen molar-refractivity contribution >= 4 is 6.09 Å². The van der Waals surface area contributed by atoms with E-state index in [0.717, 1.165) is 11.1 Å². The van der Waals surface area contributed by atoms with Gasteiger partial charge < -0.3 is 34.1 Å². The lowest BCUT2D eigenvalue weighted by Crippen LogP contribution is -2.29. The van der Waals surface area contributed by atoms with Crippen LogP contribution in [0, 0.1) is 6.92 Å². The number of phenolic OH excluding ortho intramolecular Hbond substituents is 1. The summed E-state index contributed by atoms with van der Waals surface area (Å²) in [4.78, 5) is 12.6. The van der Waals surface area contributed by atoms with Gasteiger partial charge >= 0.3 is 6.09 Å². The topological polar surface area (TPSA) is 95.5 Å². The molecule has 0 saturated carbocycles. The van der Waals surface area contributed by atoms with Crippen LogP contribution in [-0.4, -0.2) is 46.2 Å². The van der Waals surface area contributed by atoms with Crippen molar-refractivity contribution < 1.29 is 33.6 Å². The van der Waals surface area contributed by atoms with Crippen LogP contribution in [0.5, 0.6) is 34.5 Å². The second-order valence-corrected chi connectivity index (χ2v) is 7.59. The lowest BCUT2D eigenvalue weighted by Gasteiger charge is -2.20. The maximum atomic E-state index is 12.6. The van der Waals surface area contributed by atoms with Gasteiger partial charge in [-0.05, 0) is 51.3 Å². The predicted octanol–water partition coefficient (Wildman–Crippen LogP) is 4.57. The fraction of sp³-hybridized carbons (Fsp3) is 0.400. The van der Waals surface area contributed by atoms with E-state index in [-0.39, 0.29) is 23.0 Å². The Hall–Kier alpha value is -3.55. The molecule has 180 valence electrons. The molecule has 0 saturated heterocycles. The van der Waals surface area contributed by atoms with Gasteiger partial charge in [-0.3, -0.25) is 0 Å². The molecule has 2 aromatic rings. The van der Waals surface area contributed by atoms with Crippen molar-refractivity contribution in [2.75, 3.05) is 35.0 Å². The number of hydrogen-bond acceptors (Lipinski definition) is 7. The minimum Gasteiger partial charge on any atom is -0.504 e. The number of aromatic hydroxyl groups is 1. The van der Waals surface area contributed by atoms with E-state index >= 15 is 0 Å². The van der Waals surface area contributed by atoms with Crippen molar-refractivity contribution in [2.45, 2.75) is 33.6 Å². The molecule has 0 aliphatic carbocycles. The summed E-state index contributed by atoms with van der Waals surface area (Å²) in [5, 5.41) is 13.4. The molecule has 33 heavy (non-hydrogen) atoms. The zero-order valence-electron chi connectivity index (χ0n) is 20.3. The molecule has 8 heteroatoms. The number of hydrogen-bond donors (Lipinski definition) is 2. The minimum atomic E-state index is -0.641. The molecule has 0 bridgehead atoms. The standard InChI is InChI=1S/C25H33NO7/c1-15(2)8-10-18-16(3)22(24(32-7)23(31-6)21(18)27)33-25(28)26-13-12-17-9-11-19(29-4)20(14-17)30-5/h8-9,11,14,27H,10,12-13H2,1-7H3,(H,26,28). The van der Waals surface area contributed by atoms with Crippen LogP contribution in [0.15, 0.2) is 29.8 Å². The van der Waals surface area contributed by atoms with Gasteiger partial charge in [0.2, 0.25) is 11.5 Å². The molecule has 8 nitrogen and oxygen atoms in total. The van der Waals surface area contributed by atoms with E-state index < -0.39 is 6.09 Å². The van der Waals surface area contributed by atoms with Crippen molar-refractivity contribution in [1.29, 1.82) is 0 Å². The Morgan fingerprint density at radius 3 is 2.21 bits per heavy atom. The first kappa shape index (κ1) is 25.7. The van der Waals surface area contributed by atoms with Gasteiger partial charge in [0.1, 0.15) is 0 Å². The third-order valence-electron chi connectivity index (χ3n) is 5.16. The Labute approximate surface area is 195 Å². The van der Waals surface area contributed by atoms with E-state index in [9.17, 15) is 9.90 Å². The van der Waals surface area contributed by atoms with Crippen molar-refractivity contribution in [2.24, 2.45) is 0 Å². The Balaban J connectivity index is 2.19. The number of amides is 1. The summed E-state index contributed by atoms with van der Waals surface area (Å²) in [6, 6.07) is 5.58. The highest BCUT2D eigenvalue weighted by Crippen LogP contribution is 2.49. The van der Waals surface area contributed by atoms with Crippen molar-refractivity contribution in [1.82, 2.24) is 5.32 Å². The summed E-state index contributed by atoms with van der Waals surface area (Å²) in [6.45, 7) is 6.05. The van der Waals surface area contributed by atoms with Crippen LogP contribution >= 0.6 is 0 Å². The maximum absolute atomic E-state index is 12.6. The minimum absolute atomic E-state index is 0.0365. The van der Waals surface area contributed by atoms with E-state index in [2.05, 4.69) is 5.32 Å². The van der Waals surface area contributed by atoms with E-state index in [4.69, 9.17) is 23.7 Å². The van der Waals surface area contributed by atoms with Gasteiger partial charge in [-0.1, -0.05) is 17.7 Å². The fourth-order valence-electron chi connectivity index (χ4n) is 3.36. The van der Waals surface area contributed by atoms with Crippen LogP contribution in [0.1, 0.15) is 30.5 Å². The average Bonchev–Trinajstić information content (AvgIpc) is 2.80. The summed E-state index contributed by atoms with van der Waals surface area (Å²) in [5.74, 6) is 1.70. The largest absolute Gasteiger partial charge is 0.504 e. The Morgan fingerprint density at radius 1 is 0.970 bits per heavy atom. The fourth-order valence-corrected chi connectivity index (χ4v) is 3.36. The summed E-state index contributed by atoms with van der Waals surface area (Å²) in [7, 11) is 6.00. The third-order valence-corrected chi connectivity index (χ3v) is 5.16. The molecule has 0 radical (unpaired) electrons. The Morgan fingerprint density at radius 2 is 1.64 bits per heavy atom. The predicted molar refractivity (Wildman–Crippen MR) is 126 cm³/mol. The molecular weight excluding hydrogens is 426 g/mol. The molecule has 0 fully saturated rings. The number of benzene rings is 2. The van der Waals surface area contributed by atoms with E-state index in [1.807, 2.05) is 38.1 Å². The zero-order valence-corrected chi connectivity index (χ0v) is 20.3. The summed E-state index contributed by atoms with van der Waals surface area (Å²) < 4.78 is 26.9. The highest BCUT2D eigenvalue weighted by Gasteiger charge is 2.25. The molecule has 0 atom stereocenters. The second kappa shape index (κ2) is 11.9. The van der Waals surface area contributed by atoms with Crippen LogP contribution in [0.4, 0.5) is 4.79 Å². The van der Waals surface area contributed by atoms with Gasteiger partial charge in [0, 0.05) is 17.7 Å². The summed E-state index contributed by atoms with van der Waals surface area (Å²) in [6.07, 6.45) is 2.35. The van der Waals surface area contributed by atoms with Gasteiger partial charge in [-0.2, -0.15) is 0 Å². The molecule has 2 aromatic carbocycles. The molecule has 0 unspecified atom stereocenters. The van der Waals surface area contributed by atoms with Gasteiger partial charge in [0.15, 0.2) is 23.0 Å². The number of methoxy groups -OCH3 is 4. The van der Waals surface area contributed by atoms with Crippen LogP contribution < -0.4 is 29.0 Å². The molecule has 2 N–H and O–H groups in total. The second-order valence-electron chi connectivity index (χ2n) is 7.59. The number of rotatable bonds is 10. The van der Waals surface area contributed by atoms with Crippen LogP contribution in [0.3, 0.4) is 0 Å². The van der Waals surface area contributed by atoms with Gasteiger partial charge in [0.25, 0.3) is 0 Å². The Kier molecular flexibility index (Phi) is 9.27. The molecule has 0 heterocycles. The highest BCUT2D eigenvalue weighted by atomic mass is 16.6. The lowest BCUT2D eigenvalue weighted by molar-refractivity contribution is 0.197. The molecule has 0 aliphatic rings.